The molecule has 154 valence electrons. The molecule has 3 amide bonds. The molecule has 2 aliphatic heterocycles. The van der Waals surface area contributed by atoms with E-state index in [0.29, 0.717) is 5.69 Å². The number of hydrogen-bond acceptors (Lipinski definition) is 6. The molecule has 30 heavy (non-hydrogen) atoms. The van der Waals surface area contributed by atoms with E-state index in [1.54, 1.807) is 12.1 Å². The number of anilines is 2. The van der Waals surface area contributed by atoms with E-state index in [2.05, 4.69) is 15.7 Å². The van der Waals surface area contributed by atoms with Gasteiger partial charge in [-0.2, -0.15) is 5.11 Å². The molecule has 0 spiro atoms. The molecule has 1 saturated heterocycles. The molecule has 2 atom stereocenters. The van der Waals surface area contributed by atoms with E-state index in [-0.39, 0.29) is 12.5 Å². The van der Waals surface area contributed by atoms with E-state index < -0.39 is 23.9 Å². The van der Waals surface area contributed by atoms with Gasteiger partial charge in [-0.1, -0.05) is 40.6 Å². The summed E-state index contributed by atoms with van der Waals surface area (Å²) in [4.78, 5) is 39.5. The van der Waals surface area contributed by atoms with Crippen LogP contribution in [-0.2, 0) is 14.4 Å². The second kappa shape index (κ2) is 7.37. The summed E-state index contributed by atoms with van der Waals surface area (Å²) in [6.45, 7) is 7.62. The fourth-order valence-corrected chi connectivity index (χ4v) is 4.01. The third-order valence-electron chi connectivity index (χ3n) is 5.40. The first-order chi connectivity index (χ1) is 14.3. The molecule has 0 aliphatic carbocycles. The molecule has 8 heteroatoms. The maximum atomic E-state index is 13.0. The van der Waals surface area contributed by atoms with E-state index in [4.69, 9.17) is 0 Å². The molecular formula is C22H23N5O3. The molecule has 2 aliphatic rings. The quantitative estimate of drug-likeness (QED) is 0.792. The van der Waals surface area contributed by atoms with Crippen molar-refractivity contribution in [1.29, 1.82) is 0 Å². The zero-order valence-electron chi connectivity index (χ0n) is 17.3. The van der Waals surface area contributed by atoms with Crippen LogP contribution < -0.4 is 10.2 Å². The summed E-state index contributed by atoms with van der Waals surface area (Å²) in [6, 6.07) is 9.29. The standard InChI is InChI=1S/C22H23N5O3/c1-12-5-7-16(8-6-12)27-21(29)19-20(22(27)30)26(25-24-19)11-17(28)23-18-14(3)9-13(2)10-15(18)4/h5-10,19-20H,11H2,1-4H3,(H,23,28)/t19-,20-/m1/s1. The van der Waals surface area contributed by atoms with E-state index in [0.717, 1.165) is 32.8 Å². The van der Waals surface area contributed by atoms with E-state index >= 15 is 0 Å². The zero-order valence-corrected chi connectivity index (χ0v) is 17.3. The molecule has 8 nitrogen and oxygen atoms in total. The van der Waals surface area contributed by atoms with Gasteiger partial charge in [-0.3, -0.25) is 19.4 Å². The van der Waals surface area contributed by atoms with Crippen LogP contribution in [0.2, 0.25) is 0 Å². The Kier molecular flexibility index (Phi) is 4.85. The Hall–Kier alpha value is -3.55. The summed E-state index contributed by atoms with van der Waals surface area (Å²) < 4.78 is 0. The smallest absolute Gasteiger partial charge is 0.263 e. The second-order valence-corrected chi connectivity index (χ2v) is 7.86. The second-order valence-electron chi connectivity index (χ2n) is 7.86. The van der Waals surface area contributed by atoms with Crippen molar-refractivity contribution in [3.05, 3.63) is 58.7 Å². The van der Waals surface area contributed by atoms with Crippen LogP contribution in [0.4, 0.5) is 11.4 Å². The van der Waals surface area contributed by atoms with Crippen LogP contribution in [0.25, 0.3) is 0 Å². The Balaban J connectivity index is 1.50. The van der Waals surface area contributed by atoms with Gasteiger partial charge in [0.1, 0.15) is 6.54 Å². The Morgan fingerprint density at radius 1 is 0.967 bits per heavy atom. The van der Waals surface area contributed by atoms with Crippen molar-refractivity contribution in [2.75, 3.05) is 16.8 Å². The molecular weight excluding hydrogens is 382 g/mol. The van der Waals surface area contributed by atoms with Gasteiger partial charge in [0.05, 0.1) is 5.69 Å². The van der Waals surface area contributed by atoms with Crippen molar-refractivity contribution in [2.45, 2.75) is 39.8 Å². The summed E-state index contributed by atoms with van der Waals surface area (Å²) in [6.07, 6.45) is 0. The Morgan fingerprint density at radius 3 is 2.23 bits per heavy atom. The largest absolute Gasteiger partial charge is 0.324 e. The first-order valence-electron chi connectivity index (χ1n) is 9.76. The van der Waals surface area contributed by atoms with Gasteiger partial charge in [0.2, 0.25) is 5.91 Å². The molecule has 2 heterocycles. The van der Waals surface area contributed by atoms with Crippen LogP contribution in [0, 0.1) is 27.7 Å². The normalized spacial score (nSPS) is 20.1. The predicted octanol–water partition coefficient (Wildman–Crippen LogP) is 2.85. The number of carbonyl (C=O) groups is 3. The number of benzene rings is 2. The van der Waals surface area contributed by atoms with Crippen LogP contribution in [0.15, 0.2) is 46.7 Å². The number of aryl methyl sites for hydroxylation is 4. The van der Waals surface area contributed by atoms with E-state index in [9.17, 15) is 14.4 Å². The SMILES string of the molecule is Cc1ccc(N2C(=O)[C@@H]3N=NN(CC(=O)Nc4c(C)cc(C)cc4C)[C@H]3C2=O)cc1. The molecule has 0 aromatic heterocycles. The van der Waals surface area contributed by atoms with Crippen molar-refractivity contribution in [2.24, 2.45) is 10.3 Å². The fourth-order valence-electron chi connectivity index (χ4n) is 4.01. The highest BCUT2D eigenvalue weighted by Gasteiger charge is 2.55. The highest BCUT2D eigenvalue weighted by Crippen LogP contribution is 2.32. The lowest BCUT2D eigenvalue weighted by Crippen LogP contribution is -2.43. The molecule has 1 N–H and O–H groups in total. The fraction of sp³-hybridized carbons (Fsp3) is 0.318. The number of hydrogen-bond donors (Lipinski definition) is 1. The molecule has 0 radical (unpaired) electrons. The number of rotatable bonds is 4. The lowest BCUT2D eigenvalue weighted by atomic mass is 10.1. The molecule has 0 unspecified atom stereocenters. The predicted molar refractivity (Wildman–Crippen MR) is 112 cm³/mol. The minimum atomic E-state index is -0.922. The molecule has 0 bridgehead atoms. The number of nitrogens with one attached hydrogen (secondary N) is 1. The summed E-state index contributed by atoms with van der Waals surface area (Å²) >= 11 is 0. The summed E-state index contributed by atoms with van der Waals surface area (Å²) in [5.41, 5.74) is 5.30. The van der Waals surface area contributed by atoms with Crippen LogP contribution >= 0.6 is 0 Å². The van der Waals surface area contributed by atoms with Gasteiger partial charge in [0, 0.05) is 5.69 Å². The van der Waals surface area contributed by atoms with E-state index in [1.165, 1.54) is 5.01 Å². The Morgan fingerprint density at radius 2 is 1.60 bits per heavy atom. The van der Waals surface area contributed by atoms with Gasteiger partial charge in [-0.25, -0.2) is 4.90 Å². The average Bonchev–Trinajstić information content (AvgIpc) is 3.19. The topological polar surface area (TPSA) is 94.4 Å². The van der Waals surface area contributed by atoms with Gasteiger partial charge in [0.15, 0.2) is 12.1 Å². The highest BCUT2D eigenvalue weighted by molar-refractivity contribution is 6.25. The number of carbonyl (C=O) groups excluding carboxylic acids is 3. The van der Waals surface area contributed by atoms with Crippen LogP contribution in [0.5, 0.6) is 0 Å². The number of fused-ring (bicyclic) bond motifs is 1. The maximum Gasteiger partial charge on any atom is 0.263 e. The molecule has 1 fully saturated rings. The number of nitrogens with zero attached hydrogens (tertiary/aromatic N) is 4. The third kappa shape index (κ3) is 3.34. The molecule has 2 aromatic carbocycles. The van der Waals surface area contributed by atoms with Crippen molar-refractivity contribution < 1.29 is 14.4 Å². The van der Waals surface area contributed by atoms with Gasteiger partial charge in [-0.05, 0) is 51.0 Å². The minimum absolute atomic E-state index is 0.168. The average molecular weight is 405 g/mol. The molecule has 4 rings (SSSR count). The molecule has 0 saturated carbocycles. The van der Waals surface area contributed by atoms with E-state index in [1.807, 2.05) is 52.0 Å². The maximum absolute atomic E-state index is 13.0. The Labute approximate surface area is 174 Å². The third-order valence-corrected chi connectivity index (χ3v) is 5.40. The minimum Gasteiger partial charge on any atom is -0.324 e. The monoisotopic (exact) mass is 405 g/mol. The van der Waals surface area contributed by atoms with Crippen LogP contribution in [0.1, 0.15) is 22.3 Å². The van der Waals surface area contributed by atoms with Gasteiger partial charge in [-0.15, -0.1) is 0 Å². The van der Waals surface area contributed by atoms with Crippen molar-refractivity contribution in [3.8, 4) is 0 Å². The zero-order chi connectivity index (χ0) is 21.6. The first kappa shape index (κ1) is 19.8. The van der Waals surface area contributed by atoms with Crippen molar-refractivity contribution in [3.63, 3.8) is 0 Å². The molecule has 2 aromatic rings. The van der Waals surface area contributed by atoms with Gasteiger partial charge in [0.25, 0.3) is 11.8 Å². The lowest BCUT2D eigenvalue weighted by Gasteiger charge is -2.21. The summed E-state index contributed by atoms with van der Waals surface area (Å²) in [7, 11) is 0. The van der Waals surface area contributed by atoms with Crippen LogP contribution in [0.3, 0.4) is 0 Å². The summed E-state index contributed by atoms with van der Waals surface area (Å²) in [5.74, 6) is -1.17. The highest BCUT2D eigenvalue weighted by atomic mass is 16.2. The van der Waals surface area contributed by atoms with Crippen molar-refractivity contribution >= 4 is 29.1 Å². The number of imide groups is 1. The van der Waals surface area contributed by atoms with Crippen LogP contribution in [-0.4, -0.2) is 41.4 Å². The van der Waals surface area contributed by atoms with Gasteiger partial charge < -0.3 is 5.32 Å². The van der Waals surface area contributed by atoms with Crippen molar-refractivity contribution in [1.82, 2.24) is 5.01 Å². The Bertz CT molecular complexity index is 1050. The number of amides is 3. The lowest BCUT2D eigenvalue weighted by molar-refractivity contribution is -0.123. The first-order valence-corrected chi connectivity index (χ1v) is 9.76. The summed E-state index contributed by atoms with van der Waals surface area (Å²) in [5, 5.41) is 12.1. The van der Waals surface area contributed by atoms with Gasteiger partial charge >= 0.3 is 0 Å².